The number of rotatable bonds is 3. The van der Waals surface area contributed by atoms with Crippen molar-refractivity contribution in [2.24, 2.45) is 0 Å². The maximum Gasteiger partial charge on any atom is 0.226 e. The third-order valence-corrected chi connectivity index (χ3v) is 5.67. The third kappa shape index (κ3) is 3.04. The van der Waals surface area contributed by atoms with E-state index < -0.39 is 0 Å². The SMILES string of the molecule is Cc1nn(-c2ccc(N3CCCC3)nn2)c2c1[C@H](c1ccccc1F)CC(=O)N2. The van der Waals surface area contributed by atoms with Crippen LogP contribution in [0.25, 0.3) is 5.82 Å². The van der Waals surface area contributed by atoms with Crippen LogP contribution in [-0.2, 0) is 4.79 Å². The Morgan fingerprint density at radius 3 is 2.52 bits per heavy atom. The van der Waals surface area contributed by atoms with Crippen molar-refractivity contribution < 1.29 is 9.18 Å². The lowest BCUT2D eigenvalue weighted by Crippen LogP contribution is -2.25. The number of fused-ring (bicyclic) bond motifs is 1. The zero-order valence-electron chi connectivity index (χ0n) is 16.1. The summed E-state index contributed by atoms with van der Waals surface area (Å²) in [6.07, 6.45) is 2.51. The number of aryl methyl sites for hydroxylation is 1. The van der Waals surface area contributed by atoms with Crippen molar-refractivity contribution >= 4 is 17.5 Å². The number of aromatic nitrogens is 4. The number of halogens is 1. The number of nitrogens with one attached hydrogen (secondary N) is 1. The molecule has 0 radical (unpaired) electrons. The van der Waals surface area contributed by atoms with Gasteiger partial charge in [-0.3, -0.25) is 4.79 Å². The monoisotopic (exact) mass is 392 g/mol. The molecule has 5 rings (SSSR count). The van der Waals surface area contributed by atoms with Crippen LogP contribution in [0.2, 0.25) is 0 Å². The Bertz CT molecular complexity index is 1070. The van der Waals surface area contributed by atoms with Gasteiger partial charge in [-0.25, -0.2) is 4.39 Å². The lowest BCUT2D eigenvalue weighted by atomic mass is 9.85. The Labute approximate surface area is 167 Å². The van der Waals surface area contributed by atoms with Gasteiger partial charge in [0.05, 0.1) is 5.69 Å². The summed E-state index contributed by atoms with van der Waals surface area (Å²) < 4.78 is 16.1. The van der Waals surface area contributed by atoms with Gasteiger partial charge >= 0.3 is 0 Å². The molecule has 148 valence electrons. The van der Waals surface area contributed by atoms with E-state index in [-0.39, 0.29) is 24.1 Å². The maximum absolute atomic E-state index is 14.5. The van der Waals surface area contributed by atoms with Crippen molar-refractivity contribution in [2.45, 2.75) is 32.1 Å². The van der Waals surface area contributed by atoms with Crippen molar-refractivity contribution in [3.05, 3.63) is 59.0 Å². The van der Waals surface area contributed by atoms with Crippen molar-refractivity contribution in [3.8, 4) is 5.82 Å². The summed E-state index contributed by atoms with van der Waals surface area (Å²) in [6, 6.07) is 10.4. The van der Waals surface area contributed by atoms with Gasteiger partial charge in [0.25, 0.3) is 0 Å². The van der Waals surface area contributed by atoms with Crippen LogP contribution in [0.5, 0.6) is 0 Å². The predicted octanol–water partition coefficient (Wildman–Crippen LogP) is 3.18. The van der Waals surface area contributed by atoms with Crippen LogP contribution >= 0.6 is 0 Å². The van der Waals surface area contributed by atoms with E-state index in [0.29, 0.717) is 17.2 Å². The Hall–Kier alpha value is -3.29. The van der Waals surface area contributed by atoms with Crippen LogP contribution in [0.15, 0.2) is 36.4 Å². The van der Waals surface area contributed by atoms with E-state index in [0.717, 1.165) is 30.2 Å². The smallest absolute Gasteiger partial charge is 0.226 e. The number of carbonyl (C=O) groups excluding carboxylic acids is 1. The molecule has 0 bridgehead atoms. The van der Waals surface area contributed by atoms with Crippen LogP contribution in [-0.4, -0.2) is 39.0 Å². The molecule has 2 aliphatic rings. The molecular formula is C21H21FN6O. The van der Waals surface area contributed by atoms with Gasteiger partial charge in [-0.2, -0.15) is 9.78 Å². The molecule has 7 nitrogen and oxygen atoms in total. The highest BCUT2D eigenvalue weighted by Gasteiger charge is 2.34. The summed E-state index contributed by atoms with van der Waals surface area (Å²) >= 11 is 0. The Morgan fingerprint density at radius 1 is 1.07 bits per heavy atom. The van der Waals surface area contributed by atoms with Crippen molar-refractivity contribution in [2.75, 3.05) is 23.3 Å². The number of benzene rings is 1. The summed E-state index contributed by atoms with van der Waals surface area (Å²) in [5, 5.41) is 16.2. The minimum absolute atomic E-state index is 0.173. The molecule has 1 fully saturated rings. The van der Waals surface area contributed by atoms with Crippen LogP contribution in [0.4, 0.5) is 16.0 Å². The van der Waals surface area contributed by atoms with E-state index in [1.807, 2.05) is 19.1 Å². The number of nitrogens with zero attached hydrogens (tertiary/aromatic N) is 5. The quantitative estimate of drug-likeness (QED) is 0.741. The standard InChI is InChI=1S/C21H21FN6O/c1-13-20-15(14-6-2-3-7-16(14)22)12-19(29)23-21(20)28(26-13)18-9-8-17(24-25-18)27-10-4-5-11-27/h2-3,6-9,15H,4-5,10-12H2,1H3,(H,23,29)/t15-/m0/s1. The van der Waals surface area contributed by atoms with Gasteiger partial charge in [0, 0.05) is 31.0 Å². The maximum atomic E-state index is 14.5. The zero-order valence-corrected chi connectivity index (χ0v) is 16.1. The fraction of sp³-hybridized carbons (Fsp3) is 0.333. The first-order valence-electron chi connectivity index (χ1n) is 9.84. The van der Waals surface area contributed by atoms with E-state index in [4.69, 9.17) is 0 Å². The predicted molar refractivity (Wildman–Crippen MR) is 107 cm³/mol. The first kappa shape index (κ1) is 17.8. The van der Waals surface area contributed by atoms with Gasteiger partial charge < -0.3 is 10.2 Å². The normalized spacial score (nSPS) is 18.6. The minimum Gasteiger partial charge on any atom is -0.355 e. The second kappa shape index (κ2) is 6.95. The summed E-state index contributed by atoms with van der Waals surface area (Å²) in [5.74, 6) is 1.03. The molecule has 1 amide bonds. The van der Waals surface area contributed by atoms with E-state index in [1.165, 1.54) is 18.9 Å². The first-order chi connectivity index (χ1) is 14.1. The molecule has 0 aliphatic carbocycles. The summed E-state index contributed by atoms with van der Waals surface area (Å²) in [4.78, 5) is 14.6. The molecule has 0 spiro atoms. The second-order valence-electron chi connectivity index (χ2n) is 7.53. The van der Waals surface area contributed by atoms with Gasteiger partial charge in [-0.05, 0) is 43.5 Å². The lowest BCUT2D eigenvalue weighted by Gasteiger charge is -2.24. The highest BCUT2D eigenvalue weighted by molar-refractivity contribution is 5.95. The van der Waals surface area contributed by atoms with Gasteiger partial charge in [0.2, 0.25) is 5.91 Å². The van der Waals surface area contributed by atoms with Crippen LogP contribution in [0.3, 0.4) is 0 Å². The molecule has 3 aromatic rings. The number of amides is 1. The highest BCUT2D eigenvalue weighted by Crippen LogP contribution is 2.40. The number of hydrogen-bond acceptors (Lipinski definition) is 5. The molecule has 1 atom stereocenters. The Morgan fingerprint density at radius 2 is 1.79 bits per heavy atom. The first-order valence-corrected chi connectivity index (χ1v) is 9.84. The molecule has 2 aromatic heterocycles. The van der Waals surface area contributed by atoms with Crippen LogP contribution in [0.1, 0.15) is 42.0 Å². The van der Waals surface area contributed by atoms with E-state index in [9.17, 15) is 9.18 Å². The van der Waals surface area contributed by atoms with E-state index in [2.05, 4.69) is 25.5 Å². The van der Waals surface area contributed by atoms with Gasteiger partial charge in [-0.1, -0.05) is 18.2 Å². The molecular weight excluding hydrogens is 371 g/mol. The average molecular weight is 392 g/mol. The zero-order chi connectivity index (χ0) is 20.0. The average Bonchev–Trinajstić information content (AvgIpc) is 3.37. The molecule has 8 heteroatoms. The molecule has 1 N–H and O–H groups in total. The number of carbonyl (C=O) groups is 1. The van der Waals surface area contributed by atoms with Crippen molar-refractivity contribution in [1.29, 1.82) is 0 Å². The molecule has 29 heavy (non-hydrogen) atoms. The number of hydrogen-bond donors (Lipinski definition) is 1. The lowest BCUT2D eigenvalue weighted by molar-refractivity contribution is -0.116. The van der Waals surface area contributed by atoms with E-state index in [1.54, 1.807) is 22.9 Å². The fourth-order valence-electron chi connectivity index (χ4n) is 4.28. The highest BCUT2D eigenvalue weighted by atomic mass is 19.1. The molecule has 1 saturated heterocycles. The van der Waals surface area contributed by atoms with Gasteiger partial charge in [-0.15, -0.1) is 10.2 Å². The second-order valence-corrected chi connectivity index (χ2v) is 7.53. The Kier molecular flexibility index (Phi) is 4.26. The molecule has 1 aromatic carbocycles. The molecule has 0 unspecified atom stereocenters. The van der Waals surface area contributed by atoms with E-state index >= 15 is 0 Å². The van der Waals surface area contributed by atoms with Crippen LogP contribution < -0.4 is 10.2 Å². The largest absolute Gasteiger partial charge is 0.355 e. The van der Waals surface area contributed by atoms with Gasteiger partial charge in [0.15, 0.2) is 11.6 Å². The fourth-order valence-corrected chi connectivity index (χ4v) is 4.28. The molecule has 0 saturated carbocycles. The van der Waals surface area contributed by atoms with Crippen molar-refractivity contribution in [3.63, 3.8) is 0 Å². The summed E-state index contributed by atoms with van der Waals surface area (Å²) in [5.41, 5.74) is 2.06. The number of anilines is 2. The molecule has 2 aliphatic heterocycles. The summed E-state index contributed by atoms with van der Waals surface area (Å²) in [7, 11) is 0. The minimum atomic E-state index is -0.384. The molecule has 4 heterocycles. The third-order valence-electron chi connectivity index (χ3n) is 5.67. The van der Waals surface area contributed by atoms with Crippen molar-refractivity contribution in [1.82, 2.24) is 20.0 Å². The van der Waals surface area contributed by atoms with Gasteiger partial charge in [0.1, 0.15) is 11.6 Å². The topological polar surface area (TPSA) is 75.9 Å². The summed E-state index contributed by atoms with van der Waals surface area (Å²) in [6.45, 7) is 3.85. The Balaban J connectivity index is 1.56. The van der Waals surface area contributed by atoms with Crippen LogP contribution in [0, 0.1) is 12.7 Å².